The van der Waals surface area contributed by atoms with Crippen molar-refractivity contribution in [3.05, 3.63) is 0 Å². The molecule has 0 heterocycles. The maximum Gasteiger partial charge on any atom is 1.00 e. The van der Waals surface area contributed by atoms with Crippen LogP contribution in [0.3, 0.4) is 0 Å². The van der Waals surface area contributed by atoms with E-state index in [1.165, 1.54) is 52.4 Å². The van der Waals surface area contributed by atoms with Crippen LogP contribution in [0, 0.1) is 0 Å². The van der Waals surface area contributed by atoms with Crippen molar-refractivity contribution in [3.63, 3.8) is 0 Å². The number of carbonyl (C=O) groups is 1. The molecule has 0 aliphatic carbocycles. The van der Waals surface area contributed by atoms with E-state index in [0.29, 0.717) is 0 Å². The van der Waals surface area contributed by atoms with E-state index in [1.807, 2.05) is 0 Å². The molecular weight excluding hydrogens is 335 g/mol. The predicted octanol–water partition coefficient (Wildman–Crippen LogP) is -3.32. The summed E-state index contributed by atoms with van der Waals surface area (Å²) in [6, 6.07) is 0. The second-order valence-electron chi connectivity index (χ2n) is 6.18. The van der Waals surface area contributed by atoms with Gasteiger partial charge in [-0.1, -0.05) is 58.3 Å². The van der Waals surface area contributed by atoms with Gasteiger partial charge < -0.3 is 19.7 Å². The minimum absolute atomic E-state index is 0. The third kappa shape index (κ3) is 15.6. The molecule has 0 aliphatic heterocycles. The summed E-state index contributed by atoms with van der Waals surface area (Å²) in [5.41, 5.74) is 0. The average molecular weight is 365 g/mol. The molecule has 0 atom stereocenters. The largest absolute Gasteiger partial charge is 1.00 e. The van der Waals surface area contributed by atoms with Gasteiger partial charge in [0, 0.05) is 6.42 Å². The molecule has 0 spiro atoms. The van der Waals surface area contributed by atoms with Crippen molar-refractivity contribution >= 4 is 13.5 Å². The van der Waals surface area contributed by atoms with Crippen molar-refractivity contribution in [2.45, 2.75) is 90.3 Å². The van der Waals surface area contributed by atoms with Gasteiger partial charge in [-0.05, 0) is 27.9 Å². The van der Waals surface area contributed by atoms with Crippen LogP contribution in [0.1, 0.15) is 85.0 Å². The van der Waals surface area contributed by atoms with E-state index in [9.17, 15) is 19.1 Å². The van der Waals surface area contributed by atoms with E-state index in [-0.39, 0.29) is 71.4 Å². The molecule has 8 heteroatoms. The maximum atomic E-state index is 11.6. The molecule has 126 valence electrons. The van der Waals surface area contributed by atoms with Crippen LogP contribution >= 0.6 is 7.60 Å². The number of unbranched alkanes of at least 4 members (excludes halogenated alkanes) is 8. The van der Waals surface area contributed by atoms with Gasteiger partial charge >= 0.3 is 59.1 Å². The van der Waals surface area contributed by atoms with Gasteiger partial charge in [0.2, 0.25) is 5.91 Å². The van der Waals surface area contributed by atoms with E-state index in [4.69, 9.17) is 0 Å². The minimum Gasteiger partial charge on any atom is -0.809 e. The normalized spacial score (nSPS) is 11.3. The first-order valence-electron chi connectivity index (χ1n) is 8.04. The molecule has 0 aromatic heterocycles. The van der Waals surface area contributed by atoms with Gasteiger partial charge in [-0.2, -0.15) is 0 Å². The number of carbonyl (C=O) groups excluding carboxylic acids is 1. The quantitative estimate of drug-likeness (QED) is 0.223. The Morgan fingerprint density at radius 1 is 0.913 bits per heavy atom. The second-order valence-corrected chi connectivity index (χ2v) is 8.30. The maximum absolute atomic E-state index is 11.6. The number of hydrogen-bond donors (Lipinski definition) is 1. The second kappa shape index (κ2) is 15.8. The van der Waals surface area contributed by atoms with E-state index < -0.39 is 12.9 Å². The van der Waals surface area contributed by atoms with Crippen molar-refractivity contribution in [2.24, 2.45) is 0 Å². The van der Waals surface area contributed by atoms with E-state index in [0.717, 1.165) is 19.3 Å². The smallest absolute Gasteiger partial charge is 0.809 e. The number of rotatable bonds is 12. The Morgan fingerprint density at radius 3 is 1.70 bits per heavy atom. The average Bonchev–Trinajstić information content (AvgIpc) is 2.35. The fraction of sp³-hybridized carbons (Fsp3) is 0.933. The van der Waals surface area contributed by atoms with Crippen molar-refractivity contribution in [1.29, 1.82) is 0 Å². The number of amides is 1. The van der Waals surface area contributed by atoms with Crippen molar-refractivity contribution in [2.75, 3.05) is 0 Å². The van der Waals surface area contributed by atoms with Gasteiger partial charge in [0.05, 0.1) is 5.28 Å². The summed E-state index contributed by atoms with van der Waals surface area (Å²) < 4.78 is 11.0. The Balaban J connectivity index is -0.00000200. The third-order valence-corrected chi connectivity index (χ3v) is 5.12. The molecule has 0 aromatic carbocycles. The summed E-state index contributed by atoms with van der Waals surface area (Å²) in [7, 11) is -4.82. The van der Waals surface area contributed by atoms with Gasteiger partial charge in [0.15, 0.2) is 0 Å². The molecule has 0 unspecified atom stereocenters. The summed E-state index contributed by atoms with van der Waals surface area (Å²) in [4.78, 5) is 33.5. The van der Waals surface area contributed by atoms with Gasteiger partial charge in [0.25, 0.3) is 0 Å². The molecule has 23 heavy (non-hydrogen) atoms. The fourth-order valence-electron chi connectivity index (χ4n) is 2.07. The van der Waals surface area contributed by atoms with E-state index in [1.54, 1.807) is 0 Å². The molecule has 1 N–H and O–H groups in total. The Hall–Kier alpha value is 1.62. The summed E-state index contributed by atoms with van der Waals surface area (Å²) in [5.74, 6) is -0.366. The van der Waals surface area contributed by atoms with Crippen molar-refractivity contribution < 1.29 is 78.3 Å². The SMILES string of the molecule is CCCCCCCCCCCC(=O)NC(C)(C)P(=O)([O-])[O-].[Na+].[Na+]. The predicted molar refractivity (Wildman–Crippen MR) is 81.7 cm³/mol. The molecular formula is C15H30NNa2O4P. The molecule has 0 radical (unpaired) electrons. The van der Waals surface area contributed by atoms with Crippen LogP contribution in [0.15, 0.2) is 0 Å². The molecule has 0 rings (SSSR count). The molecule has 1 amide bonds. The molecule has 0 aliphatic rings. The third-order valence-electron chi connectivity index (χ3n) is 3.64. The van der Waals surface area contributed by atoms with Gasteiger partial charge in [-0.3, -0.25) is 4.79 Å². The van der Waals surface area contributed by atoms with Gasteiger partial charge in [-0.15, -0.1) is 0 Å². The van der Waals surface area contributed by atoms with Crippen LogP contribution in [0.2, 0.25) is 0 Å². The van der Waals surface area contributed by atoms with Crippen LogP contribution < -0.4 is 74.2 Å². The number of hydrogen-bond acceptors (Lipinski definition) is 4. The minimum atomic E-state index is -4.82. The summed E-state index contributed by atoms with van der Waals surface area (Å²) in [6.07, 6.45) is 10.7. The standard InChI is InChI=1S/C15H32NO4P.2Na/c1-4-5-6-7-8-9-10-11-12-13-14(17)16-15(2,3)21(18,19)20;;/h4-13H2,1-3H3,(H,16,17)(H2,18,19,20);;/q;2*+1/p-2. The molecule has 0 fully saturated rings. The van der Waals surface area contributed by atoms with E-state index in [2.05, 4.69) is 12.2 Å². The monoisotopic (exact) mass is 365 g/mol. The van der Waals surface area contributed by atoms with Crippen LogP contribution in [0.4, 0.5) is 0 Å². The van der Waals surface area contributed by atoms with Crippen molar-refractivity contribution in [1.82, 2.24) is 5.32 Å². The topological polar surface area (TPSA) is 92.3 Å². The summed E-state index contributed by atoms with van der Waals surface area (Å²) in [6.45, 7) is 4.65. The van der Waals surface area contributed by atoms with Crippen LogP contribution in [-0.4, -0.2) is 11.2 Å². The van der Waals surface area contributed by atoms with E-state index >= 15 is 0 Å². The Labute approximate surface area is 185 Å². The zero-order valence-corrected chi connectivity index (χ0v) is 20.5. The van der Waals surface area contributed by atoms with Crippen LogP contribution in [0.5, 0.6) is 0 Å². The van der Waals surface area contributed by atoms with Gasteiger partial charge in [-0.25, -0.2) is 0 Å². The first-order valence-corrected chi connectivity index (χ1v) is 9.58. The first kappa shape index (κ1) is 29.4. The fourth-order valence-corrected chi connectivity index (χ4v) is 2.33. The van der Waals surface area contributed by atoms with Crippen LogP contribution in [-0.2, 0) is 9.36 Å². The van der Waals surface area contributed by atoms with Gasteiger partial charge in [0.1, 0.15) is 0 Å². The molecule has 0 saturated heterocycles. The first-order chi connectivity index (χ1) is 9.70. The molecule has 0 saturated carbocycles. The molecule has 0 aromatic rings. The molecule has 0 bridgehead atoms. The number of nitrogens with one attached hydrogen (secondary N) is 1. The zero-order valence-electron chi connectivity index (χ0n) is 15.7. The molecule has 5 nitrogen and oxygen atoms in total. The van der Waals surface area contributed by atoms with Crippen molar-refractivity contribution in [3.8, 4) is 0 Å². The Kier molecular flexibility index (Phi) is 20.2. The Bertz CT molecular complexity index is 348. The summed E-state index contributed by atoms with van der Waals surface area (Å²) >= 11 is 0. The summed E-state index contributed by atoms with van der Waals surface area (Å²) in [5, 5.41) is 0.589. The van der Waals surface area contributed by atoms with Crippen LogP contribution in [0.25, 0.3) is 0 Å². The zero-order chi connectivity index (χ0) is 16.4. The Morgan fingerprint density at radius 2 is 1.30 bits per heavy atom.